The van der Waals surface area contributed by atoms with Gasteiger partial charge < -0.3 is 10.0 Å². The maximum atomic E-state index is 9.51. The molecule has 1 aromatic carbocycles. The molecule has 1 N–H and O–H groups in total. The first-order chi connectivity index (χ1) is 8.75. The van der Waals surface area contributed by atoms with Crippen molar-refractivity contribution < 1.29 is 5.11 Å². The number of aryl methyl sites for hydroxylation is 1. The Morgan fingerprint density at radius 2 is 2.11 bits per heavy atom. The number of hydrogen-bond donors (Lipinski definition) is 1. The number of hydrogen-bond acceptors (Lipinski definition) is 2. The second-order valence-corrected chi connectivity index (χ2v) is 5.51. The van der Waals surface area contributed by atoms with E-state index in [9.17, 15) is 5.11 Å². The highest BCUT2D eigenvalue weighted by molar-refractivity contribution is 5.14. The monoisotopic (exact) mass is 247 g/mol. The van der Waals surface area contributed by atoms with Gasteiger partial charge in [-0.3, -0.25) is 0 Å². The molecule has 0 saturated carbocycles. The lowest BCUT2D eigenvalue weighted by molar-refractivity contribution is 0.133. The fraction of sp³-hybridized carbons (Fsp3) is 0.625. The van der Waals surface area contributed by atoms with Crippen molar-refractivity contribution in [3.05, 3.63) is 35.9 Å². The smallest absolute Gasteiger partial charge is 0.0527 e. The summed E-state index contributed by atoms with van der Waals surface area (Å²) in [5.41, 5.74) is 1.43. The predicted octanol–water partition coefficient (Wildman–Crippen LogP) is 2.85. The Morgan fingerprint density at radius 3 is 2.83 bits per heavy atom. The van der Waals surface area contributed by atoms with E-state index in [0.29, 0.717) is 6.04 Å². The summed E-state index contributed by atoms with van der Waals surface area (Å²) in [7, 11) is 0. The first-order valence-corrected chi connectivity index (χ1v) is 7.22. The van der Waals surface area contributed by atoms with E-state index in [1.54, 1.807) is 0 Å². The average Bonchev–Trinajstić information content (AvgIpc) is 2.77. The molecule has 2 rings (SSSR count). The zero-order chi connectivity index (χ0) is 12.8. The number of aliphatic hydroxyl groups is 1. The van der Waals surface area contributed by atoms with Gasteiger partial charge in [-0.2, -0.15) is 0 Å². The molecule has 0 unspecified atom stereocenters. The third kappa shape index (κ3) is 4.11. The Hall–Kier alpha value is -0.860. The van der Waals surface area contributed by atoms with E-state index < -0.39 is 0 Å². The van der Waals surface area contributed by atoms with E-state index in [1.165, 1.54) is 44.3 Å². The number of aliphatic hydroxyl groups excluding tert-OH is 1. The topological polar surface area (TPSA) is 23.5 Å². The zero-order valence-corrected chi connectivity index (χ0v) is 11.4. The lowest BCUT2D eigenvalue weighted by Crippen LogP contribution is -2.32. The van der Waals surface area contributed by atoms with Gasteiger partial charge in [0.25, 0.3) is 0 Å². The number of nitrogens with zero attached hydrogens (tertiary/aromatic N) is 1. The van der Waals surface area contributed by atoms with Crippen molar-refractivity contribution >= 4 is 0 Å². The van der Waals surface area contributed by atoms with Crippen molar-refractivity contribution in [2.75, 3.05) is 13.1 Å². The minimum Gasteiger partial charge on any atom is -0.393 e. The maximum absolute atomic E-state index is 9.51. The molecule has 1 heterocycles. The van der Waals surface area contributed by atoms with Gasteiger partial charge in [0, 0.05) is 6.04 Å². The molecule has 100 valence electrons. The van der Waals surface area contributed by atoms with Crippen LogP contribution in [0.4, 0.5) is 0 Å². The van der Waals surface area contributed by atoms with Crippen LogP contribution in [0.25, 0.3) is 0 Å². The van der Waals surface area contributed by atoms with Gasteiger partial charge in [-0.25, -0.2) is 0 Å². The standard InChI is InChI=1S/C16H25NO/c1-14(18)13-16-10-6-12-17(16)11-5-9-15-7-3-2-4-8-15/h2-4,7-8,14,16,18H,5-6,9-13H2,1H3/t14-,16-/m0/s1. The summed E-state index contributed by atoms with van der Waals surface area (Å²) >= 11 is 0. The van der Waals surface area contributed by atoms with E-state index in [-0.39, 0.29) is 6.10 Å². The fourth-order valence-electron chi connectivity index (χ4n) is 2.98. The molecule has 1 aliphatic heterocycles. The van der Waals surface area contributed by atoms with Crippen LogP contribution in [-0.2, 0) is 6.42 Å². The van der Waals surface area contributed by atoms with Crippen molar-refractivity contribution in [2.24, 2.45) is 0 Å². The molecule has 0 aliphatic carbocycles. The molecule has 0 radical (unpaired) electrons. The van der Waals surface area contributed by atoms with E-state index in [4.69, 9.17) is 0 Å². The first-order valence-electron chi connectivity index (χ1n) is 7.22. The normalized spacial score (nSPS) is 22.2. The van der Waals surface area contributed by atoms with Crippen molar-refractivity contribution in [3.8, 4) is 0 Å². The molecule has 0 aromatic heterocycles. The SMILES string of the molecule is C[C@H](O)C[C@@H]1CCCN1CCCc1ccccc1. The highest BCUT2D eigenvalue weighted by Crippen LogP contribution is 2.21. The third-order valence-electron chi connectivity index (χ3n) is 3.87. The van der Waals surface area contributed by atoms with Crippen LogP contribution in [0.2, 0.25) is 0 Å². The molecule has 1 saturated heterocycles. The third-order valence-corrected chi connectivity index (χ3v) is 3.87. The zero-order valence-electron chi connectivity index (χ0n) is 11.4. The molecule has 1 aliphatic rings. The van der Waals surface area contributed by atoms with Crippen LogP contribution in [-0.4, -0.2) is 35.2 Å². The Labute approximate surface area is 111 Å². The first kappa shape index (κ1) is 13.6. The summed E-state index contributed by atoms with van der Waals surface area (Å²) < 4.78 is 0. The Kier molecular flexibility index (Phi) is 5.21. The van der Waals surface area contributed by atoms with Crippen molar-refractivity contribution in [3.63, 3.8) is 0 Å². The molecule has 2 heteroatoms. The average molecular weight is 247 g/mol. The molecule has 0 bridgehead atoms. The van der Waals surface area contributed by atoms with Crippen molar-refractivity contribution in [1.82, 2.24) is 4.90 Å². The van der Waals surface area contributed by atoms with Gasteiger partial charge in [-0.1, -0.05) is 30.3 Å². The number of likely N-dealkylation sites (tertiary alicyclic amines) is 1. The molecular weight excluding hydrogens is 222 g/mol. The Bertz CT molecular complexity index is 336. The van der Waals surface area contributed by atoms with Gasteiger partial charge >= 0.3 is 0 Å². The second kappa shape index (κ2) is 6.91. The summed E-state index contributed by atoms with van der Waals surface area (Å²) in [6, 6.07) is 11.3. The summed E-state index contributed by atoms with van der Waals surface area (Å²) in [5.74, 6) is 0. The molecule has 18 heavy (non-hydrogen) atoms. The van der Waals surface area contributed by atoms with Crippen LogP contribution in [0.15, 0.2) is 30.3 Å². The van der Waals surface area contributed by atoms with Crippen molar-refractivity contribution in [1.29, 1.82) is 0 Å². The van der Waals surface area contributed by atoms with Crippen LogP contribution in [0, 0.1) is 0 Å². The molecule has 1 fully saturated rings. The Balaban J connectivity index is 1.72. The highest BCUT2D eigenvalue weighted by atomic mass is 16.3. The maximum Gasteiger partial charge on any atom is 0.0527 e. The predicted molar refractivity (Wildman–Crippen MR) is 75.7 cm³/mol. The quantitative estimate of drug-likeness (QED) is 0.835. The van der Waals surface area contributed by atoms with Crippen LogP contribution in [0.1, 0.15) is 38.2 Å². The van der Waals surface area contributed by atoms with Crippen LogP contribution < -0.4 is 0 Å². The van der Waals surface area contributed by atoms with Gasteiger partial charge in [0.2, 0.25) is 0 Å². The van der Waals surface area contributed by atoms with Gasteiger partial charge in [-0.05, 0) is 57.7 Å². The highest BCUT2D eigenvalue weighted by Gasteiger charge is 2.24. The summed E-state index contributed by atoms with van der Waals surface area (Å²) in [5, 5.41) is 9.51. The van der Waals surface area contributed by atoms with E-state index in [2.05, 4.69) is 35.2 Å². The van der Waals surface area contributed by atoms with E-state index >= 15 is 0 Å². The molecule has 2 nitrogen and oxygen atoms in total. The lowest BCUT2D eigenvalue weighted by Gasteiger charge is -2.25. The van der Waals surface area contributed by atoms with Gasteiger partial charge in [0.15, 0.2) is 0 Å². The largest absolute Gasteiger partial charge is 0.393 e. The number of benzene rings is 1. The second-order valence-electron chi connectivity index (χ2n) is 5.51. The van der Waals surface area contributed by atoms with Gasteiger partial charge in [-0.15, -0.1) is 0 Å². The van der Waals surface area contributed by atoms with Gasteiger partial charge in [0.05, 0.1) is 6.10 Å². The molecule has 2 atom stereocenters. The van der Waals surface area contributed by atoms with Crippen LogP contribution >= 0.6 is 0 Å². The summed E-state index contributed by atoms with van der Waals surface area (Å²) in [6.45, 7) is 4.29. The summed E-state index contributed by atoms with van der Waals surface area (Å²) in [6.07, 6.45) is 5.72. The Morgan fingerprint density at radius 1 is 1.33 bits per heavy atom. The summed E-state index contributed by atoms with van der Waals surface area (Å²) in [4.78, 5) is 2.57. The number of rotatable bonds is 6. The fourth-order valence-corrected chi connectivity index (χ4v) is 2.98. The van der Waals surface area contributed by atoms with Crippen molar-refractivity contribution in [2.45, 2.75) is 51.2 Å². The van der Waals surface area contributed by atoms with Crippen LogP contribution in [0.5, 0.6) is 0 Å². The van der Waals surface area contributed by atoms with Gasteiger partial charge in [0.1, 0.15) is 0 Å². The minimum absolute atomic E-state index is 0.162. The van der Waals surface area contributed by atoms with E-state index in [0.717, 1.165) is 6.42 Å². The van der Waals surface area contributed by atoms with Crippen LogP contribution in [0.3, 0.4) is 0 Å². The molecular formula is C16H25NO. The van der Waals surface area contributed by atoms with E-state index in [1.807, 2.05) is 6.92 Å². The molecule has 0 spiro atoms. The molecule has 1 aromatic rings. The lowest BCUT2D eigenvalue weighted by atomic mass is 10.1. The molecule has 0 amide bonds. The minimum atomic E-state index is -0.162.